The van der Waals surface area contributed by atoms with Crippen LogP contribution < -0.4 is 0 Å². The molecule has 0 atom stereocenters. The maximum atomic E-state index is 11.9. The van der Waals surface area contributed by atoms with E-state index in [0.29, 0.717) is 32.1 Å². The Morgan fingerprint density at radius 1 is 1.10 bits per heavy atom. The van der Waals surface area contributed by atoms with E-state index in [9.17, 15) is 9.59 Å². The minimum absolute atomic E-state index is 0.0682. The minimum Gasteiger partial charge on any atom is -0.367 e. The Bertz CT molecular complexity index is 400. The lowest BCUT2D eigenvalue weighted by atomic mass is 9.98. The standard InChI is InChI=1S/C15H24N2O3/c1-15(2,3)14(19)20-17-10-8-16(9-11-17)13(18)7-6-12-4-5-12/h6-7,12H,4-5,8-11H2,1-3H3/b7-6+. The summed E-state index contributed by atoms with van der Waals surface area (Å²) in [5.74, 6) is 0.456. The van der Waals surface area contributed by atoms with Crippen LogP contribution >= 0.6 is 0 Å². The maximum absolute atomic E-state index is 11.9. The molecule has 1 amide bonds. The third-order valence-corrected chi connectivity index (χ3v) is 3.51. The Morgan fingerprint density at radius 2 is 1.70 bits per heavy atom. The molecule has 0 aromatic rings. The molecule has 1 heterocycles. The molecule has 112 valence electrons. The fourth-order valence-corrected chi connectivity index (χ4v) is 1.87. The van der Waals surface area contributed by atoms with Crippen molar-refractivity contribution in [2.24, 2.45) is 11.3 Å². The molecular weight excluding hydrogens is 256 g/mol. The third-order valence-electron chi connectivity index (χ3n) is 3.51. The van der Waals surface area contributed by atoms with Crippen molar-refractivity contribution in [2.45, 2.75) is 33.6 Å². The zero-order chi connectivity index (χ0) is 14.8. The fraction of sp³-hybridized carbons (Fsp3) is 0.733. The first-order chi connectivity index (χ1) is 9.36. The SMILES string of the molecule is CC(C)(C)C(=O)ON1CCN(C(=O)/C=C/C2CC2)CC1. The average Bonchev–Trinajstić information content (AvgIpc) is 3.19. The summed E-state index contributed by atoms with van der Waals surface area (Å²) in [7, 11) is 0. The molecule has 5 nitrogen and oxygen atoms in total. The summed E-state index contributed by atoms with van der Waals surface area (Å²) in [6.07, 6.45) is 6.11. The van der Waals surface area contributed by atoms with Crippen molar-refractivity contribution >= 4 is 11.9 Å². The predicted molar refractivity (Wildman–Crippen MR) is 75.6 cm³/mol. The summed E-state index contributed by atoms with van der Waals surface area (Å²) in [6, 6.07) is 0. The van der Waals surface area contributed by atoms with Crippen LogP contribution in [0.1, 0.15) is 33.6 Å². The van der Waals surface area contributed by atoms with Gasteiger partial charge in [-0.25, -0.2) is 4.79 Å². The Kier molecular flexibility index (Phi) is 4.48. The van der Waals surface area contributed by atoms with Crippen molar-refractivity contribution < 1.29 is 14.4 Å². The van der Waals surface area contributed by atoms with Crippen LogP contribution in [0.2, 0.25) is 0 Å². The van der Waals surface area contributed by atoms with Crippen LogP contribution in [0.25, 0.3) is 0 Å². The molecule has 1 saturated carbocycles. The quantitative estimate of drug-likeness (QED) is 0.737. The number of carbonyl (C=O) groups excluding carboxylic acids is 2. The van der Waals surface area contributed by atoms with Crippen molar-refractivity contribution in [2.75, 3.05) is 26.2 Å². The summed E-state index contributed by atoms with van der Waals surface area (Å²) >= 11 is 0. The summed E-state index contributed by atoms with van der Waals surface area (Å²) < 4.78 is 0. The van der Waals surface area contributed by atoms with Gasteiger partial charge in [0.15, 0.2) is 0 Å². The zero-order valence-corrected chi connectivity index (χ0v) is 12.6. The highest BCUT2D eigenvalue weighted by Gasteiger charge is 2.28. The highest BCUT2D eigenvalue weighted by molar-refractivity contribution is 5.87. The molecule has 2 rings (SSSR count). The van der Waals surface area contributed by atoms with Crippen LogP contribution in [0.5, 0.6) is 0 Å². The lowest BCUT2D eigenvalue weighted by Crippen LogP contribution is -2.49. The number of hydroxylamine groups is 2. The Hall–Kier alpha value is -1.36. The van der Waals surface area contributed by atoms with Crippen LogP contribution in [0, 0.1) is 11.3 Å². The Morgan fingerprint density at radius 3 is 2.20 bits per heavy atom. The second-order valence-electron chi connectivity index (χ2n) is 6.58. The number of nitrogens with zero attached hydrogens (tertiary/aromatic N) is 2. The molecule has 2 aliphatic rings. The van der Waals surface area contributed by atoms with Gasteiger partial charge in [-0.05, 0) is 45.6 Å². The first kappa shape index (κ1) is 15.0. The second-order valence-corrected chi connectivity index (χ2v) is 6.58. The number of carbonyl (C=O) groups is 2. The van der Waals surface area contributed by atoms with E-state index in [1.807, 2.05) is 26.8 Å². The molecular formula is C15H24N2O3. The van der Waals surface area contributed by atoms with Crippen LogP contribution in [0.4, 0.5) is 0 Å². The molecule has 0 aromatic carbocycles. The van der Waals surface area contributed by atoms with Crippen LogP contribution in [-0.2, 0) is 14.4 Å². The molecule has 0 radical (unpaired) electrons. The van der Waals surface area contributed by atoms with Gasteiger partial charge in [0, 0.05) is 13.1 Å². The van der Waals surface area contributed by atoms with Crippen molar-refractivity contribution in [3.05, 3.63) is 12.2 Å². The zero-order valence-electron chi connectivity index (χ0n) is 12.6. The van der Waals surface area contributed by atoms with Gasteiger partial charge in [0.1, 0.15) is 0 Å². The van der Waals surface area contributed by atoms with E-state index < -0.39 is 5.41 Å². The van der Waals surface area contributed by atoms with E-state index in [4.69, 9.17) is 4.84 Å². The summed E-state index contributed by atoms with van der Waals surface area (Å²) in [4.78, 5) is 30.8. The number of piperazine rings is 1. The molecule has 1 saturated heterocycles. The van der Waals surface area contributed by atoms with Crippen LogP contribution in [0.3, 0.4) is 0 Å². The average molecular weight is 280 g/mol. The van der Waals surface area contributed by atoms with Crippen molar-refractivity contribution in [1.82, 2.24) is 9.96 Å². The summed E-state index contributed by atoms with van der Waals surface area (Å²) in [6.45, 7) is 7.85. The van der Waals surface area contributed by atoms with Gasteiger partial charge in [0.2, 0.25) is 5.91 Å². The van der Waals surface area contributed by atoms with Crippen LogP contribution in [-0.4, -0.2) is 48.0 Å². The van der Waals surface area contributed by atoms with Crippen molar-refractivity contribution in [3.8, 4) is 0 Å². The van der Waals surface area contributed by atoms with E-state index in [2.05, 4.69) is 0 Å². The Balaban J connectivity index is 1.74. The fourth-order valence-electron chi connectivity index (χ4n) is 1.87. The molecule has 1 aliphatic carbocycles. The number of amides is 1. The van der Waals surface area contributed by atoms with Gasteiger partial charge in [-0.3, -0.25) is 4.79 Å². The van der Waals surface area contributed by atoms with Crippen LogP contribution in [0.15, 0.2) is 12.2 Å². The lowest BCUT2D eigenvalue weighted by molar-refractivity contribution is -0.206. The first-order valence-electron chi connectivity index (χ1n) is 7.31. The first-order valence-corrected chi connectivity index (χ1v) is 7.31. The normalized spacial score (nSPS) is 21.2. The molecule has 2 fully saturated rings. The second kappa shape index (κ2) is 5.95. The highest BCUT2D eigenvalue weighted by atomic mass is 16.7. The molecule has 0 spiro atoms. The minimum atomic E-state index is -0.500. The molecule has 0 bridgehead atoms. The highest BCUT2D eigenvalue weighted by Crippen LogP contribution is 2.30. The van der Waals surface area contributed by atoms with E-state index in [1.54, 1.807) is 16.0 Å². The topological polar surface area (TPSA) is 49.9 Å². The number of hydrogen-bond donors (Lipinski definition) is 0. The van der Waals surface area contributed by atoms with Gasteiger partial charge in [0.05, 0.1) is 18.5 Å². The van der Waals surface area contributed by atoms with Crippen molar-refractivity contribution in [1.29, 1.82) is 0 Å². The van der Waals surface area contributed by atoms with E-state index in [1.165, 1.54) is 12.8 Å². The summed E-state index contributed by atoms with van der Waals surface area (Å²) in [5.41, 5.74) is -0.500. The van der Waals surface area contributed by atoms with Gasteiger partial charge in [0.25, 0.3) is 0 Å². The third kappa shape index (κ3) is 4.34. The summed E-state index contributed by atoms with van der Waals surface area (Å²) in [5, 5.41) is 1.65. The largest absolute Gasteiger partial charge is 0.367 e. The predicted octanol–water partition coefficient (Wildman–Crippen LogP) is 1.60. The lowest BCUT2D eigenvalue weighted by Gasteiger charge is -2.34. The molecule has 5 heteroatoms. The van der Waals surface area contributed by atoms with E-state index in [-0.39, 0.29) is 11.9 Å². The number of hydrogen-bond acceptors (Lipinski definition) is 4. The van der Waals surface area contributed by atoms with E-state index >= 15 is 0 Å². The smallest absolute Gasteiger partial charge is 0.330 e. The number of rotatable bonds is 3. The van der Waals surface area contributed by atoms with Gasteiger partial charge >= 0.3 is 5.97 Å². The molecule has 1 aliphatic heterocycles. The monoisotopic (exact) mass is 280 g/mol. The van der Waals surface area contributed by atoms with E-state index in [0.717, 1.165) is 0 Å². The van der Waals surface area contributed by atoms with Gasteiger partial charge in [-0.2, -0.15) is 0 Å². The maximum Gasteiger partial charge on any atom is 0.330 e. The number of allylic oxidation sites excluding steroid dienone is 1. The van der Waals surface area contributed by atoms with Gasteiger partial charge in [-0.15, -0.1) is 5.06 Å². The molecule has 0 unspecified atom stereocenters. The Labute approximate surface area is 120 Å². The van der Waals surface area contributed by atoms with Crippen molar-refractivity contribution in [3.63, 3.8) is 0 Å². The molecule has 0 N–H and O–H groups in total. The van der Waals surface area contributed by atoms with Gasteiger partial charge < -0.3 is 9.74 Å². The molecule has 0 aromatic heterocycles. The molecule has 20 heavy (non-hydrogen) atoms. The van der Waals surface area contributed by atoms with Gasteiger partial charge in [-0.1, -0.05) is 6.08 Å².